The molecule has 7 heteroatoms. The zero-order valence-electron chi connectivity index (χ0n) is 12.8. The first-order valence-corrected chi connectivity index (χ1v) is 7.06. The average molecular weight is 292 g/mol. The van der Waals surface area contributed by atoms with Gasteiger partial charge in [0.15, 0.2) is 5.82 Å². The van der Waals surface area contributed by atoms with Crippen LogP contribution in [0.4, 0.5) is 0 Å². The van der Waals surface area contributed by atoms with Gasteiger partial charge in [-0.3, -0.25) is 4.90 Å². The van der Waals surface area contributed by atoms with Gasteiger partial charge in [0.2, 0.25) is 11.8 Å². The summed E-state index contributed by atoms with van der Waals surface area (Å²) in [5, 5.41) is 3.88. The van der Waals surface area contributed by atoms with Gasteiger partial charge < -0.3 is 13.7 Å². The summed E-state index contributed by atoms with van der Waals surface area (Å²) in [6.07, 6.45) is 0.982. The van der Waals surface area contributed by atoms with Crippen LogP contribution in [-0.4, -0.2) is 39.8 Å². The Bertz CT molecular complexity index is 602. The highest BCUT2D eigenvalue weighted by Gasteiger charge is 2.37. The van der Waals surface area contributed by atoms with Gasteiger partial charge in [-0.1, -0.05) is 5.16 Å². The van der Waals surface area contributed by atoms with Crippen LogP contribution in [0.2, 0.25) is 0 Å². The molecule has 3 rings (SSSR count). The molecule has 2 atom stereocenters. The first-order chi connectivity index (χ1) is 10.1. The molecule has 0 radical (unpaired) electrons. The molecular weight excluding hydrogens is 272 g/mol. The molecule has 0 N–H and O–H groups in total. The predicted octanol–water partition coefficient (Wildman–Crippen LogP) is 1.94. The van der Waals surface area contributed by atoms with Crippen LogP contribution in [0.25, 0.3) is 0 Å². The van der Waals surface area contributed by atoms with Crippen LogP contribution >= 0.6 is 0 Å². The van der Waals surface area contributed by atoms with Crippen LogP contribution in [0, 0.1) is 20.8 Å². The minimum absolute atomic E-state index is 0.0451. The highest BCUT2D eigenvalue weighted by molar-refractivity contribution is 5.06. The minimum atomic E-state index is 0.0451. The van der Waals surface area contributed by atoms with Crippen molar-refractivity contribution in [3.8, 4) is 0 Å². The van der Waals surface area contributed by atoms with Crippen molar-refractivity contribution in [1.82, 2.24) is 20.0 Å². The number of oxazole rings is 1. The van der Waals surface area contributed by atoms with Crippen molar-refractivity contribution in [2.24, 2.45) is 0 Å². The lowest BCUT2D eigenvalue weighted by molar-refractivity contribution is 0.105. The molecule has 21 heavy (non-hydrogen) atoms. The van der Waals surface area contributed by atoms with E-state index in [1.165, 1.54) is 0 Å². The van der Waals surface area contributed by atoms with Gasteiger partial charge in [-0.05, 0) is 27.2 Å². The molecule has 1 saturated heterocycles. The van der Waals surface area contributed by atoms with Crippen molar-refractivity contribution >= 4 is 0 Å². The molecule has 0 saturated carbocycles. The number of methoxy groups -OCH3 is 1. The Morgan fingerprint density at radius 3 is 2.67 bits per heavy atom. The number of ether oxygens (including phenoxy) is 1. The molecule has 114 valence electrons. The largest absolute Gasteiger partial charge is 0.444 e. The molecule has 1 aliphatic rings. The lowest BCUT2D eigenvalue weighted by atomic mass is 10.2. The highest BCUT2D eigenvalue weighted by atomic mass is 16.5. The summed E-state index contributed by atoms with van der Waals surface area (Å²) in [4.78, 5) is 11.0. The van der Waals surface area contributed by atoms with E-state index in [0.717, 1.165) is 24.4 Å². The molecule has 3 heterocycles. The molecule has 1 fully saturated rings. The Hall–Kier alpha value is -1.73. The minimum Gasteiger partial charge on any atom is -0.444 e. The van der Waals surface area contributed by atoms with Crippen LogP contribution in [0.1, 0.15) is 41.5 Å². The maximum absolute atomic E-state index is 5.67. The number of rotatable bonds is 4. The summed E-state index contributed by atoms with van der Waals surface area (Å²) >= 11 is 0. The van der Waals surface area contributed by atoms with Crippen molar-refractivity contribution in [3.63, 3.8) is 0 Å². The molecule has 7 nitrogen and oxygen atoms in total. The fraction of sp³-hybridized carbons (Fsp3) is 0.643. The Labute approximate surface area is 123 Å². The van der Waals surface area contributed by atoms with Gasteiger partial charge in [0, 0.05) is 13.7 Å². The van der Waals surface area contributed by atoms with Gasteiger partial charge in [0.05, 0.1) is 24.4 Å². The van der Waals surface area contributed by atoms with Gasteiger partial charge in [-0.25, -0.2) is 4.98 Å². The molecule has 0 aliphatic carbocycles. The van der Waals surface area contributed by atoms with E-state index < -0.39 is 0 Å². The average Bonchev–Trinajstić information content (AvgIpc) is 3.11. The second kappa shape index (κ2) is 5.57. The maximum atomic E-state index is 5.67. The monoisotopic (exact) mass is 292 g/mol. The van der Waals surface area contributed by atoms with Crippen LogP contribution in [0.5, 0.6) is 0 Å². The standard InChI is InChI=1S/C14H20N4O3/c1-8-9(2)20-13(15-8)7-18-6-11(19-4)5-12(18)14-16-10(3)17-21-14/h11-12H,5-7H2,1-4H3/t11-,12+/m0/s1. The van der Waals surface area contributed by atoms with Crippen LogP contribution in [0.15, 0.2) is 8.94 Å². The summed E-state index contributed by atoms with van der Waals surface area (Å²) in [5.41, 5.74) is 0.928. The summed E-state index contributed by atoms with van der Waals surface area (Å²) < 4.78 is 16.5. The van der Waals surface area contributed by atoms with Crippen LogP contribution in [-0.2, 0) is 11.3 Å². The molecule has 2 aromatic rings. The van der Waals surface area contributed by atoms with E-state index in [4.69, 9.17) is 13.7 Å². The molecule has 0 bridgehead atoms. The van der Waals surface area contributed by atoms with Gasteiger partial charge in [0.25, 0.3) is 0 Å². The Balaban J connectivity index is 1.80. The molecule has 0 spiro atoms. The van der Waals surface area contributed by atoms with Crippen molar-refractivity contribution in [1.29, 1.82) is 0 Å². The number of aryl methyl sites for hydroxylation is 3. The van der Waals surface area contributed by atoms with Gasteiger partial charge in [0.1, 0.15) is 5.76 Å². The number of aromatic nitrogens is 3. The van der Waals surface area contributed by atoms with Gasteiger partial charge in [-0.15, -0.1) is 0 Å². The lowest BCUT2D eigenvalue weighted by Crippen LogP contribution is -2.25. The summed E-state index contributed by atoms with van der Waals surface area (Å²) in [6.45, 7) is 7.10. The molecule has 1 aliphatic heterocycles. The number of nitrogens with zero attached hydrogens (tertiary/aromatic N) is 4. The first kappa shape index (κ1) is 14.2. The van der Waals surface area contributed by atoms with E-state index >= 15 is 0 Å². The second-order valence-corrected chi connectivity index (χ2v) is 5.47. The first-order valence-electron chi connectivity index (χ1n) is 7.06. The quantitative estimate of drug-likeness (QED) is 0.852. The Kier molecular flexibility index (Phi) is 3.77. The number of hydrogen-bond acceptors (Lipinski definition) is 7. The van der Waals surface area contributed by atoms with Crippen molar-refractivity contribution in [2.75, 3.05) is 13.7 Å². The van der Waals surface area contributed by atoms with E-state index in [1.54, 1.807) is 7.11 Å². The zero-order chi connectivity index (χ0) is 15.0. The Morgan fingerprint density at radius 1 is 1.29 bits per heavy atom. The summed E-state index contributed by atoms with van der Waals surface area (Å²) in [6, 6.07) is 0.0451. The third kappa shape index (κ3) is 2.84. The molecule has 0 aromatic carbocycles. The van der Waals surface area contributed by atoms with Crippen LogP contribution < -0.4 is 0 Å². The zero-order valence-corrected chi connectivity index (χ0v) is 12.8. The summed E-state index contributed by atoms with van der Waals surface area (Å²) in [7, 11) is 1.73. The fourth-order valence-electron chi connectivity index (χ4n) is 2.69. The van der Waals surface area contributed by atoms with Gasteiger partial charge >= 0.3 is 0 Å². The van der Waals surface area contributed by atoms with E-state index in [-0.39, 0.29) is 12.1 Å². The lowest BCUT2D eigenvalue weighted by Gasteiger charge is -2.19. The van der Waals surface area contributed by atoms with E-state index in [1.807, 2.05) is 20.8 Å². The third-order valence-corrected chi connectivity index (χ3v) is 3.94. The maximum Gasteiger partial charge on any atom is 0.244 e. The topological polar surface area (TPSA) is 77.4 Å². The third-order valence-electron chi connectivity index (χ3n) is 3.94. The predicted molar refractivity (Wildman–Crippen MR) is 73.6 cm³/mol. The highest BCUT2D eigenvalue weighted by Crippen LogP contribution is 2.33. The summed E-state index contributed by atoms with van der Waals surface area (Å²) in [5.74, 6) is 2.85. The fourth-order valence-corrected chi connectivity index (χ4v) is 2.69. The van der Waals surface area contributed by atoms with Gasteiger partial charge in [-0.2, -0.15) is 4.98 Å². The van der Waals surface area contributed by atoms with Crippen LogP contribution in [0.3, 0.4) is 0 Å². The smallest absolute Gasteiger partial charge is 0.244 e. The van der Waals surface area contributed by atoms with Crippen molar-refractivity contribution < 1.29 is 13.7 Å². The number of likely N-dealkylation sites (tertiary alicyclic amines) is 1. The van der Waals surface area contributed by atoms with E-state index in [0.29, 0.717) is 24.2 Å². The SMILES string of the molecule is CO[C@H]1C[C@H](c2nc(C)no2)N(Cc2nc(C)c(C)o2)C1. The van der Waals surface area contributed by atoms with E-state index in [9.17, 15) is 0 Å². The normalized spacial score (nSPS) is 23.0. The Morgan fingerprint density at radius 2 is 2.10 bits per heavy atom. The molecule has 0 amide bonds. The van der Waals surface area contributed by atoms with Crippen molar-refractivity contribution in [3.05, 3.63) is 29.1 Å². The van der Waals surface area contributed by atoms with E-state index in [2.05, 4.69) is 20.0 Å². The second-order valence-electron chi connectivity index (χ2n) is 5.47. The molecule has 2 aromatic heterocycles. The van der Waals surface area contributed by atoms with Crippen molar-refractivity contribution in [2.45, 2.75) is 45.9 Å². The number of hydrogen-bond donors (Lipinski definition) is 0. The molecule has 0 unspecified atom stereocenters. The molecular formula is C14H20N4O3.